The zero-order chi connectivity index (χ0) is 6.97. The Hall–Kier alpha value is -0.480. The summed E-state index contributed by atoms with van der Waals surface area (Å²) in [4.78, 5) is 0. The molecule has 0 N–H and O–H groups in total. The molecule has 54 valence electrons. The van der Waals surface area contributed by atoms with E-state index in [1.807, 2.05) is 10.9 Å². The maximum absolute atomic E-state index is 4.16. The van der Waals surface area contributed by atoms with E-state index in [9.17, 15) is 0 Å². The molecule has 1 aliphatic rings. The summed E-state index contributed by atoms with van der Waals surface area (Å²) in [5.41, 5.74) is 1.31. The van der Waals surface area contributed by atoms with Crippen molar-refractivity contribution < 1.29 is 0 Å². The van der Waals surface area contributed by atoms with Crippen molar-refractivity contribution in [1.29, 1.82) is 0 Å². The van der Waals surface area contributed by atoms with Crippen LogP contribution in [0.1, 0.15) is 5.69 Å². The van der Waals surface area contributed by atoms with Gasteiger partial charge in [-0.15, -0.1) is 0 Å². The molecule has 0 unspecified atom stereocenters. The summed E-state index contributed by atoms with van der Waals surface area (Å²) in [6, 6.07) is 2.07. The van der Waals surface area contributed by atoms with Gasteiger partial charge >= 0.3 is 0 Å². The average molecular weight is 155 g/mol. The first kappa shape index (κ1) is 6.24. The number of hydrogen-bond acceptors (Lipinski definition) is 3. The number of fused-ring (bicyclic) bond motifs is 1. The van der Waals surface area contributed by atoms with Gasteiger partial charge in [0, 0.05) is 6.20 Å². The Balaban J connectivity index is 2.30. The molecule has 4 heteroatoms. The summed E-state index contributed by atoms with van der Waals surface area (Å²) in [5, 5.41) is 4.16. The third-order valence-corrected chi connectivity index (χ3v) is 2.52. The van der Waals surface area contributed by atoms with Gasteiger partial charge in [-0.3, -0.25) is 4.68 Å². The monoisotopic (exact) mass is 155 g/mol. The van der Waals surface area contributed by atoms with Crippen LogP contribution in [0.4, 0.5) is 0 Å². The molecule has 0 radical (unpaired) electrons. The minimum absolute atomic E-state index is 0.957. The number of rotatable bonds is 0. The summed E-state index contributed by atoms with van der Waals surface area (Å²) in [7, 11) is 2.10. The van der Waals surface area contributed by atoms with Crippen LogP contribution >= 0.6 is 11.9 Å². The highest BCUT2D eigenvalue weighted by molar-refractivity contribution is 7.96. The second-order valence-corrected chi connectivity index (χ2v) is 3.51. The van der Waals surface area contributed by atoms with E-state index in [1.165, 1.54) is 5.69 Å². The van der Waals surface area contributed by atoms with Gasteiger partial charge < -0.3 is 0 Å². The van der Waals surface area contributed by atoms with E-state index < -0.39 is 0 Å². The Morgan fingerprint density at radius 1 is 1.70 bits per heavy atom. The molecule has 0 saturated heterocycles. The van der Waals surface area contributed by atoms with Gasteiger partial charge in [0.1, 0.15) is 5.88 Å². The summed E-state index contributed by atoms with van der Waals surface area (Å²) in [6.45, 7) is 1.00. The maximum atomic E-state index is 4.16. The van der Waals surface area contributed by atoms with Gasteiger partial charge in [-0.05, 0) is 13.1 Å². The molecule has 0 spiro atoms. The fourth-order valence-electron chi connectivity index (χ4n) is 1.04. The predicted molar refractivity (Wildman–Crippen MR) is 41.3 cm³/mol. The van der Waals surface area contributed by atoms with Crippen LogP contribution in [0.25, 0.3) is 0 Å². The normalized spacial score (nSPS) is 18.9. The van der Waals surface area contributed by atoms with Crippen LogP contribution < -0.4 is 0 Å². The van der Waals surface area contributed by atoms with Crippen LogP contribution in [0, 0.1) is 0 Å². The Labute approximate surface area is 64.1 Å². The van der Waals surface area contributed by atoms with Crippen LogP contribution in [-0.4, -0.2) is 21.1 Å². The summed E-state index contributed by atoms with van der Waals surface area (Å²) >= 11 is 1.80. The fraction of sp³-hybridized carbons (Fsp3) is 0.500. The number of hydrogen-bond donors (Lipinski definition) is 0. The highest BCUT2D eigenvalue weighted by Gasteiger charge is 2.12. The lowest BCUT2D eigenvalue weighted by Gasteiger charge is -2.21. The Morgan fingerprint density at radius 2 is 2.60 bits per heavy atom. The Morgan fingerprint density at radius 3 is 3.50 bits per heavy atom. The molecule has 2 heterocycles. The number of nitrogens with zero attached hydrogens (tertiary/aromatic N) is 3. The van der Waals surface area contributed by atoms with Gasteiger partial charge in [-0.2, -0.15) is 5.10 Å². The maximum Gasteiger partial charge on any atom is 0.101 e. The number of aromatic nitrogens is 2. The topological polar surface area (TPSA) is 21.1 Å². The molecule has 0 bridgehead atoms. The molecule has 0 fully saturated rings. The lowest BCUT2D eigenvalue weighted by Crippen LogP contribution is -2.20. The summed E-state index contributed by atoms with van der Waals surface area (Å²) < 4.78 is 4.25. The van der Waals surface area contributed by atoms with Crippen molar-refractivity contribution in [3.63, 3.8) is 0 Å². The highest BCUT2D eigenvalue weighted by atomic mass is 32.2. The van der Waals surface area contributed by atoms with Crippen molar-refractivity contribution in [3.8, 4) is 0 Å². The van der Waals surface area contributed by atoms with E-state index in [2.05, 4.69) is 22.5 Å². The van der Waals surface area contributed by atoms with E-state index in [-0.39, 0.29) is 0 Å². The van der Waals surface area contributed by atoms with E-state index in [1.54, 1.807) is 11.9 Å². The molecule has 0 atom stereocenters. The van der Waals surface area contributed by atoms with Crippen LogP contribution in [0.3, 0.4) is 0 Å². The second kappa shape index (κ2) is 2.29. The minimum Gasteiger partial charge on any atom is -0.257 e. The third kappa shape index (κ3) is 0.932. The fourth-order valence-corrected chi connectivity index (χ4v) is 1.80. The summed E-state index contributed by atoms with van der Waals surface area (Å²) in [5.74, 6) is 0.957. The highest BCUT2D eigenvalue weighted by Crippen LogP contribution is 2.20. The molecule has 1 aromatic heterocycles. The first-order chi connectivity index (χ1) is 4.86. The van der Waals surface area contributed by atoms with E-state index >= 15 is 0 Å². The van der Waals surface area contributed by atoms with Crippen LogP contribution in [-0.2, 0) is 12.4 Å². The molecular formula is C6H9N3S. The Bertz CT molecular complexity index is 233. The minimum atomic E-state index is 0.957. The Kier molecular flexibility index (Phi) is 1.43. The molecule has 1 aromatic rings. The van der Waals surface area contributed by atoms with E-state index in [0.717, 1.165) is 12.4 Å². The van der Waals surface area contributed by atoms with Crippen molar-refractivity contribution in [1.82, 2.24) is 14.1 Å². The van der Waals surface area contributed by atoms with Crippen LogP contribution in [0.2, 0.25) is 0 Å². The molecule has 1 aliphatic heterocycles. The van der Waals surface area contributed by atoms with Crippen molar-refractivity contribution >= 4 is 11.9 Å². The average Bonchev–Trinajstić information content (AvgIpc) is 2.33. The lowest BCUT2D eigenvalue weighted by atomic mass is 10.4. The molecule has 0 saturated carbocycles. The first-order valence-corrected chi connectivity index (χ1v) is 4.15. The van der Waals surface area contributed by atoms with E-state index in [4.69, 9.17) is 0 Å². The lowest BCUT2D eigenvalue weighted by molar-refractivity contribution is 0.494. The van der Waals surface area contributed by atoms with Gasteiger partial charge in [0.2, 0.25) is 0 Å². The zero-order valence-corrected chi connectivity index (χ0v) is 6.64. The molecule has 0 amide bonds. The van der Waals surface area contributed by atoms with Crippen molar-refractivity contribution in [2.75, 3.05) is 7.05 Å². The third-order valence-electron chi connectivity index (χ3n) is 1.59. The van der Waals surface area contributed by atoms with Crippen molar-refractivity contribution in [3.05, 3.63) is 18.0 Å². The molecule has 0 aromatic carbocycles. The van der Waals surface area contributed by atoms with Gasteiger partial charge in [0.25, 0.3) is 0 Å². The molecule has 3 nitrogen and oxygen atoms in total. The second-order valence-electron chi connectivity index (χ2n) is 2.37. The molecule has 0 aliphatic carbocycles. The SMILES string of the molecule is CN1Cc2ccnn2CS1. The van der Waals surface area contributed by atoms with Gasteiger partial charge in [0.15, 0.2) is 0 Å². The van der Waals surface area contributed by atoms with E-state index in [0.29, 0.717) is 0 Å². The zero-order valence-electron chi connectivity index (χ0n) is 5.82. The largest absolute Gasteiger partial charge is 0.257 e. The molecular weight excluding hydrogens is 146 g/mol. The summed E-state index contributed by atoms with van der Waals surface area (Å²) in [6.07, 6.45) is 1.86. The van der Waals surface area contributed by atoms with Gasteiger partial charge in [-0.25, -0.2) is 4.31 Å². The molecule has 2 rings (SSSR count). The van der Waals surface area contributed by atoms with Crippen molar-refractivity contribution in [2.24, 2.45) is 0 Å². The quantitative estimate of drug-likeness (QED) is 0.520. The molecule has 10 heavy (non-hydrogen) atoms. The van der Waals surface area contributed by atoms with Gasteiger partial charge in [-0.1, -0.05) is 11.9 Å². The van der Waals surface area contributed by atoms with Crippen LogP contribution in [0.15, 0.2) is 12.3 Å². The standard InChI is InChI=1S/C6H9N3S/c1-8-4-6-2-3-7-9(6)5-10-8/h2-3H,4-5H2,1H3. The van der Waals surface area contributed by atoms with Crippen molar-refractivity contribution in [2.45, 2.75) is 12.4 Å². The smallest absolute Gasteiger partial charge is 0.101 e. The first-order valence-electron chi connectivity index (χ1n) is 3.21. The van der Waals surface area contributed by atoms with Gasteiger partial charge in [0.05, 0.1) is 12.2 Å². The van der Waals surface area contributed by atoms with Crippen LogP contribution in [0.5, 0.6) is 0 Å². The predicted octanol–water partition coefficient (Wildman–Crippen LogP) is 0.934.